The van der Waals surface area contributed by atoms with Gasteiger partial charge in [-0.25, -0.2) is 9.69 Å². The molecular weight excluding hydrogens is 803 g/mol. The molecule has 6 atom stereocenters. The number of aliphatic hydroxyl groups excluding tert-OH is 2. The van der Waals surface area contributed by atoms with Gasteiger partial charge in [-0.05, 0) is 53.8 Å². The van der Waals surface area contributed by atoms with Gasteiger partial charge in [0.25, 0.3) is 0 Å². The molecule has 3 fully saturated rings. The number of benzene rings is 4. The molecule has 328 valence electrons. The van der Waals surface area contributed by atoms with Crippen LogP contribution in [0, 0.1) is 17.8 Å². The highest BCUT2D eigenvalue weighted by Crippen LogP contribution is 2.67. The number of rotatable bonds is 11. The number of imide groups is 1. The van der Waals surface area contributed by atoms with Gasteiger partial charge in [0.2, 0.25) is 11.8 Å². The van der Waals surface area contributed by atoms with Crippen molar-refractivity contribution in [2.75, 3.05) is 58.1 Å². The Balaban J connectivity index is 1.48. The Kier molecular flexibility index (Phi) is 13.5. The molecule has 0 unspecified atom stereocenters. The molecule has 0 radical (unpaired) electrons. The van der Waals surface area contributed by atoms with Crippen molar-refractivity contribution >= 4 is 29.6 Å². The maximum Gasteiger partial charge on any atom is 0.421 e. The largest absolute Gasteiger partial charge is 0.491 e. The number of carbonyl (C=O) groups excluding carboxylic acids is 4. The number of ether oxygens (including phenoxy) is 4. The number of likely N-dealkylation sites (tertiary alicyclic amines) is 1. The van der Waals surface area contributed by atoms with Gasteiger partial charge in [0.05, 0.1) is 43.5 Å². The first kappa shape index (κ1) is 43.6. The molecule has 3 saturated heterocycles. The maximum atomic E-state index is 16.4. The normalized spacial score (nSPS) is 24.4. The number of para-hydroxylation sites is 1. The summed E-state index contributed by atoms with van der Waals surface area (Å²) in [6.07, 6.45) is 2.67. The van der Waals surface area contributed by atoms with E-state index >= 15 is 14.4 Å². The number of methoxy groups -OCH3 is 1. The van der Waals surface area contributed by atoms with Crippen LogP contribution in [0.4, 0.5) is 10.5 Å². The lowest BCUT2D eigenvalue weighted by Crippen LogP contribution is -2.56. The molecule has 4 aromatic rings. The van der Waals surface area contributed by atoms with Crippen LogP contribution in [0.3, 0.4) is 0 Å². The van der Waals surface area contributed by atoms with Gasteiger partial charge in [-0.1, -0.05) is 110 Å². The lowest BCUT2D eigenvalue weighted by molar-refractivity contribution is -0.179. The van der Waals surface area contributed by atoms with Gasteiger partial charge in [-0.3, -0.25) is 19.3 Å². The van der Waals surface area contributed by atoms with Gasteiger partial charge in [-0.2, -0.15) is 0 Å². The molecule has 2 N–H and O–H groups in total. The summed E-state index contributed by atoms with van der Waals surface area (Å²) in [5, 5.41) is 19.7. The zero-order valence-corrected chi connectivity index (χ0v) is 35.4. The molecule has 13 heteroatoms. The van der Waals surface area contributed by atoms with Crippen LogP contribution in [0.1, 0.15) is 84.5 Å². The quantitative estimate of drug-likeness (QED) is 0.103. The average Bonchev–Trinajstić information content (AvgIpc) is 3.75. The number of amides is 3. The Morgan fingerprint density at radius 3 is 2.17 bits per heavy atom. The molecule has 4 aliphatic rings. The first-order chi connectivity index (χ1) is 30.9. The number of fused-ring (bicyclic) bond motifs is 3. The van der Waals surface area contributed by atoms with E-state index in [1.54, 1.807) is 41.3 Å². The summed E-state index contributed by atoms with van der Waals surface area (Å²) in [6.45, 7) is 0.197. The lowest BCUT2D eigenvalue weighted by atomic mass is 9.64. The van der Waals surface area contributed by atoms with E-state index in [1.165, 1.54) is 7.11 Å². The fourth-order valence-corrected chi connectivity index (χ4v) is 10.1. The van der Waals surface area contributed by atoms with Crippen LogP contribution >= 0.6 is 0 Å². The number of carbonyl (C=O) groups is 4. The van der Waals surface area contributed by atoms with Crippen molar-refractivity contribution < 1.29 is 48.3 Å². The summed E-state index contributed by atoms with van der Waals surface area (Å²) in [5.41, 5.74) is 0.892. The van der Waals surface area contributed by atoms with E-state index in [0.717, 1.165) is 42.6 Å². The molecule has 0 aliphatic carbocycles. The number of nitrogens with zero attached hydrogens (tertiary/aromatic N) is 3. The van der Waals surface area contributed by atoms with Crippen molar-refractivity contribution in [3.63, 3.8) is 0 Å². The Hall–Kier alpha value is -6.04. The highest BCUT2D eigenvalue weighted by atomic mass is 16.6. The van der Waals surface area contributed by atoms with E-state index in [-0.39, 0.29) is 45.1 Å². The van der Waals surface area contributed by atoms with Gasteiger partial charge in [-0.15, -0.1) is 0 Å². The lowest BCUT2D eigenvalue weighted by Gasteiger charge is -2.46. The number of esters is 1. The molecule has 4 aliphatic heterocycles. The molecule has 13 nitrogen and oxygen atoms in total. The summed E-state index contributed by atoms with van der Waals surface area (Å²) >= 11 is 0. The van der Waals surface area contributed by atoms with Crippen LogP contribution < -0.4 is 9.64 Å². The molecule has 1 spiro atoms. The van der Waals surface area contributed by atoms with Crippen LogP contribution in [0.5, 0.6) is 5.75 Å². The monoisotopic (exact) mass is 855 g/mol. The molecule has 63 heavy (non-hydrogen) atoms. The van der Waals surface area contributed by atoms with E-state index in [2.05, 4.69) is 11.8 Å². The average molecular weight is 856 g/mol. The molecule has 3 amide bonds. The number of hydrogen-bond donors (Lipinski definition) is 2. The zero-order valence-electron chi connectivity index (χ0n) is 35.4. The number of morpholine rings is 1. The number of hydrogen-bond acceptors (Lipinski definition) is 11. The summed E-state index contributed by atoms with van der Waals surface area (Å²) < 4.78 is 23.8. The Morgan fingerprint density at radius 1 is 0.794 bits per heavy atom. The van der Waals surface area contributed by atoms with Gasteiger partial charge < -0.3 is 34.1 Å². The van der Waals surface area contributed by atoms with Gasteiger partial charge in [0.1, 0.15) is 36.5 Å². The van der Waals surface area contributed by atoms with Crippen molar-refractivity contribution in [2.45, 2.75) is 68.2 Å². The standard InChI is InChI=1S/C50H53N3O10/c1-60-31-32-62-49(59)52-39-25-24-34(17-13-16-28-54)33-38(39)50(48(52)58)41(46(56)51-26-14-3-2-4-15-27-51)43-47(57)63-44(36-20-9-6-10-21-36)42(35-18-7-5-8-19-35)53(43)45(50)37-22-11-12-23-40(37)61-30-29-55/h5-12,18-25,33,41-45,54-55H,2-4,14-16,26-32H2,1H3/t41-,42-,43-,44+,45+,50-/m1/s1. The predicted octanol–water partition coefficient (Wildman–Crippen LogP) is 6.03. The summed E-state index contributed by atoms with van der Waals surface area (Å²) in [7, 11) is 1.47. The SMILES string of the molecule is COCCOC(=O)N1C(=O)[C@@]2(c3cc(C#CCCO)ccc31)[C@H](c1ccccc1OCCO)N1[C@H](c3ccccc3)[C@H](c3ccccc3)OC(=O)[C@H]1[C@@H]2C(=O)N1CCCCCCC1. The van der Waals surface area contributed by atoms with Crippen LogP contribution in [-0.2, 0) is 34.0 Å². The second-order valence-corrected chi connectivity index (χ2v) is 16.2. The van der Waals surface area contributed by atoms with E-state index in [1.807, 2.05) is 71.6 Å². The summed E-state index contributed by atoms with van der Waals surface area (Å²) in [6, 6.07) is 27.9. The fraction of sp³-hybridized carbons (Fsp3) is 0.400. The third kappa shape index (κ3) is 8.09. The topological polar surface area (TPSA) is 155 Å². The van der Waals surface area contributed by atoms with E-state index < -0.39 is 59.4 Å². The third-order valence-electron chi connectivity index (χ3n) is 12.6. The number of anilines is 1. The molecule has 0 aromatic heterocycles. The van der Waals surface area contributed by atoms with Crippen LogP contribution in [0.15, 0.2) is 103 Å². The fourth-order valence-electron chi connectivity index (χ4n) is 10.1. The second kappa shape index (κ2) is 19.6. The van der Waals surface area contributed by atoms with Crippen molar-refractivity contribution in [1.82, 2.24) is 9.80 Å². The first-order valence-electron chi connectivity index (χ1n) is 21.8. The van der Waals surface area contributed by atoms with Gasteiger partial charge >= 0.3 is 12.1 Å². The molecular formula is C50H53N3O10. The van der Waals surface area contributed by atoms with Crippen molar-refractivity contribution in [3.8, 4) is 17.6 Å². The highest BCUT2D eigenvalue weighted by Gasteiger charge is 2.76. The van der Waals surface area contributed by atoms with Crippen molar-refractivity contribution in [2.24, 2.45) is 5.92 Å². The van der Waals surface area contributed by atoms with Gasteiger partial charge in [0.15, 0.2) is 0 Å². The predicted molar refractivity (Wildman–Crippen MR) is 232 cm³/mol. The smallest absolute Gasteiger partial charge is 0.421 e. The zero-order chi connectivity index (χ0) is 43.9. The second-order valence-electron chi connectivity index (χ2n) is 16.2. The number of cyclic esters (lactones) is 1. The van der Waals surface area contributed by atoms with E-state index in [4.69, 9.17) is 18.9 Å². The summed E-state index contributed by atoms with van der Waals surface area (Å²) in [4.78, 5) is 67.1. The maximum absolute atomic E-state index is 16.4. The Morgan fingerprint density at radius 2 is 1.48 bits per heavy atom. The molecule has 0 bridgehead atoms. The van der Waals surface area contributed by atoms with Gasteiger partial charge in [0, 0.05) is 37.7 Å². The molecule has 4 heterocycles. The van der Waals surface area contributed by atoms with Crippen LogP contribution in [0.25, 0.3) is 0 Å². The molecule has 0 saturated carbocycles. The van der Waals surface area contributed by atoms with E-state index in [0.29, 0.717) is 41.1 Å². The number of aliphatic hydroxyl groups is 2. The Bertz CT molecular complexity index is 2340. The minimum Gasteiger partial charge on any atom is -0.491 e. The molecule has 8 rings (SSSR count). The van der Waals surface area contributed by atoms with E-state index in [9.17, 15) is 15.0 Å². The third-order valence-corrected chi connectivity index (χ3v) is 12.6. The first-order valence-corrected chi connectivity index (χ1v) is 21.8. The minimum absolute atomic E-state index is 0.0702. The van der Waals surface area contributed by atoms with Crippen molar-refractivity contribution in [1.29, 1.82) is 0 Å². The van der Waals surface area contributed by atoms with Crippen LogP contribution in [0.2, 0.25) is 0 Å². The Labute approximate surface area is 367 Å². The van der Waals surface area contributed by atoms with Crippen molar-refractivity contribution in [3.05, 3.63) is 131 Å². The highest BCUT2D eigenvalue weighted by molar-refractivity contribution is 6.23. The summed E-state index contributed by atoms with van der Waals surface area (Å²) in [5.74, 6) is 3.12. The van der Waals surface area contributed by atoms with Crippen LogP contribution in [-0.4, -0.2) is 103 Å². The minimum atomic E-state index is -2.01. The molecule has 4 aromatic carbocycles.